The van der Waals surface area contributed by atoms with Gasteiger partial charge < -0.3 is 20.3 Å². The molecule has 4 aromatic rings. The summed E-state index contributed by atoms with van der Waals surface area (Å²) in [5.41, 5.74) is 2.91. The lowest BCUT2D eigenvalue weighted by Gasteiger charge is -2.37. The maximum absolute atomic E-state index is 14.6. The molecule has 1 fully saturated rings. The highest BCUT2D eigenvalue weighted by Crippen LogP contribution is 2.38. The van der Waals surface area contributed by atoms with E-state index in [0.717, 1.165) is 40.8 Å². The first-order valence-electron chi connectivity index (χ1n) is 11.4. The summed E-state index contributed by atoms with van der Waals surface area (Å²) in [4.78, 5) is 2.37. The molecule has 3 heterocycles. The van der Waals surface area contributed by atoms with E-state index in [9.17, 15) is 4.39 Å². The second kappa shape index (κ2) is 8.22. The van der Waals surface area contributed by atoms with Gasteiger partial charge in [0, 0.05) is 61.2 Å². The summed E-state index contributed by atoms with van der Waals surface area (Å²) >= 11 is 0. The summed E-state index contributed by atoms with van der Waals surface area (Å²) in [7, 11) is 1.78. The Morgan fingerprint density at radius 3 is 2.64 bits per heavy atom. The molecule has 33 heavy (non-hydrogen) atoms. The van der Waals surface area contributed by atoms with E-state index in [1.165, 1.54) is 6.07 Å². The smallest absolute Gasteiger partial charge is 0.163 e. The van der Waals surface area contributed by atoms with Crippen LogP contribution >= 0.6 is 0 Å². The molecule has 0 bridgehead atoms. The van der Waals surface area contributed by atoms with Gasteiger partial charge in [0.1, 0.15) is 11.3 Å². The average molecular weight is 452 g/mol. The van der Waals surface area contributed by atoms with Gasteiger partial charge in [0.15, 0.2) is 11.6 Å². The van der Waals surface area contributed by atoms with E-state index >= 15 is 0 Å². The van der Waals surface area contributed by atoms with E-state index in [2.05, 4.69) is 56.8 Å². The van der Waals surface area contributed by atoms with Gasteiger partial charge in [-0.1, -0.05) is 0 Å². The lowest BCUT2D eigenvalue weighted by atomic mass is 10.1. The van der Waals surface area contributed by atoms with Crippen molar-refractivity contribution in [2.45, 2.75) is 45.9 Å². The van der Waals surface area contributed by atoms with Gasteiger partial charge in [0.2, 0.25) is 0 Å². The van der Waals surface area contributed by atoms with Crippen molar-refractivity contribution in [1.82, 2.24) is 25.3 Å². The molecule has 0 radical (unpaired) electrons. The van der Waals surface area contributed by atoms with Crippen molar-refractivity contribution in [3.05, 3.63) is 36.3 Å². The van der Waals surface area contributed by atoms with Crippen molar-refractivity contribution in [2.75, 3.05) is 23.3 Å². The molecule has 0 aliphatic carbocycles. The molecule has 9 heteroatoms. The fourth-order valence-corrected chi connectivity index (χ4v) is 4.68. The molecule has 2 unspecified atom stereocenters. The topological polar surface area (TPSA) is 83.0 Å². The Morgan fingerprint density at radius 2 is 1.91 bits per heavy atom. The molecule has 5 rings (SSSR count). The molecule has 0 spiro atoms. The third-order valence-electron chi connectivity index (χ3n) is 5.84. The average Bonchev–Trinajstić information content (AvgIpc) is 3.30. The minimum absolute atomic E-state index is 0.00347. The zero-order valence-electron chi connectivity index (χ0n) is 19.6. The van der Waals surface area contributed by atoms with Gasteiger partial charge >= 0.3 is 0 Å². The lowest BCUT2D eigenvalue weighted by molar-refractivity contribution is 0.245. The third kappa shape index (κ3) is 4.20. The van der Waals surface area contributed by atoms with Crippen LogP contribution in [-0.2, 0) is 7.05 Å². The molecule has 8 nitrogen and oxygen atoms in total. The van der Waals surface area contributed by atoms with Crippen LogP contribution < -0.4 is 20.3 Å². The first kappa shape index (κ1) is 21.5. The van der Waals surface area contributed by atoms with Gasteiger partial charge in [-0.3, -0.25) is 9.78 Å². The second-order valence-corrected chi connectivity index (χ2v) is 9.30. The molecule has 2 aromatic carbocycles. The summed E-state index contributed by atoms with van der Waals surface area (Å²) in [5, 5.41) is 20.2. The molecule has 174 valence electrons. The maximum Gasteiger partial charge on any atom is 0.163 e. The predicted octanol–water partition coefficient (Wildman–Crippen LogP) is 4.31. The van der Waals surface area contributed by atoms with E-state index in [1.807, 2.05) is 19.9 Å². The van der Waals surface area contributed by atoms with Crippen LogP contribution in [0.25, 0.3) is 21.8 Å². The van der Waals surface area contributed by atoms with Crippen molar-refractivity contribution in [3.63, 3.8) is 0 Å². The van der Waals surface area contributed by atoms with Crippen molar-refractivity contribution < 1.29 is 9.13 Å². The molecular weight excluding hydrogens is 421 g/mol. The number of nitrogens with one attached hydrogen (secondary N) is 3. The van der Waals surface area contributed by atoms with Crippen LogP contribution in [0.3, 0.4) is 0 Å². The molecule has 0 saturated carbocycles. The highest BCUT2D eigenvalue weighted by atomic mass is 19.1. The Bertz CT molecular complexity index is 1300. The number of rotatable bonds is 5. The van der Waals surface area contributed by atoms with Gasteiger partial charge in [0.25, 0.3) is 0 Å². The van der Waals surface area contributed by atoms with Crippen LogP contribution in [-0.4, -0.2) is 51.3 Å². The van der Waals surface area contributed by atoms with Crippen LogP contribution in [0.1, 0.15) is 27.7 Å². The summed E-state index contributed by atoms with van der Waals surface area (Å²) in [6.45, 7) is 10.2. The van der Waals surface area contributed by atoms with Gasteiger partial charge in [-0.25, -0.2) is 4.39 Å². The molecule has 1 aliphatic rings. The number of aromatic nitrogens is 4. The van der Waals surface area contributed by atoms with E-state index in [0.29, 0.717) is 29.1 Å². The summed E-state index contributed by atoms with van der Waals surface area (Å²) in [6, 6.07) is 8.30. The number of anilines is 3. The first-order valence-corrected chi connectivity index (χ1v) is 11.4. The number of fused-ring (bicyclic) bond motifs is 2. The molecule has 1 saturated heterocycles. The predicted molar refractivity (Wildman–Crippen MR) is 130 cm³/mol. The molecule has 2 aromatic heterocycles. The quantitative estimate of drug-likeness (QED) is 0.420. The maximum atomic E-state index is 14.6. The van der Waals surface area contributed by atoms with Crippen LogP contribution in [0.4, 0.5) is 21.6 Å². The zero-order chi connectivity index (χ0) is 23.3. The number of piperazine rings is 1. The van der Waals surface area contributed by atoms with Crippen LogP contribution in [0.15, 0.2) is 30.5 Å². The highest BCUT2D eigenvalue weighted by Gasteiger charge is 2.24. The molecular formula is C24H30FN7O. The number of nitrogens with zero attached hydrogens (tertiary/aromatic N) is 4. The van der Waals surface area contributed by atoms with E-state index < -0.39 is 0 Å². The van der Waals surface area contributed by atoms with Crippen LogP contribution in [0.5, 0.6) is 5.75 Å². The summed E-state index contributed by atoms with van der Waals surface area (Å²) in [5.74, 6) is 0.964. The van der Waals surface area contributed by atoms with Gasteiger partial charge in [0.05, 0.1) is 17.0 Å². The number of aromatic amines is 1. The highest BCUT2D eigenvalue weighted by molar-refractivity contribution is 5.99. The van der Waals surface area contributed by atoms with E-state index in [4.69, 9.17) is 4.74 Å². The Kier molecular flexibility index (Phi) is 5.36. The van der Waals surface area contributed by atoms with Gasteiger partial charge in [-0.15, -0.1) is 0 Å². The fourth-order valence-electron chi connectivity index (χ4n) is 4.68. The SMILES string of the molecule is CC1CN(c2cc(OC(C)C)c3c(Nc4cc(F)c5nn(C)cc5c4)n[nH]c3c2)CC(C)N1. The van der Waals surface area contributed by atoms with E-state index in [1.54, 1.807) is 17.9 Å². The van der Waals surface area contributed by atoms with Crippen LogP contribution in [0.2, 0.25) is 0 Å². The lowest BCUT2D eigenvalue weighted by Crippen LogP contribution is -2.54. The number of hydrogen-bond acceptors (Lipinski definition) is 6. The second-order valence-electron chi connectivity index (χ2n) is 9.30. The minimum Gasteiger partial charge on any atom is -0.490 e. The Labute approximate surface area is 192 Å². The Morgan fingerprint density at radius 1 is 1.15 bits per heavy atom. The summed E-state index contributed by atoms with van der Waals surface area (Å²) < 4.78 is 22.4. The number of H-pyrrole nitrogens is 1. The van der Waals surface area contributed by atoms with Gasteiger partial charge in [-0.05, 0) is 45.9 Å². The first-order chi connectivity index (χ1) is 15.8. The number of halogens is 1. The Hall–Kier alpha value is -3.33. The standard InChI is InChI=1S/C24H30FN7O/c1-13(2)33-21-9-18(32-10-14(3)26-15(4)11-32)8-20-22(21)24(29-28-20)27-17-6-16-12-31(5)30-23(16)19(25)7-17/h6-9,12-15,26H,10-11H2,1-5H3,(H2,27,28,29). The largest absolute Gasteiger partial charge is 0.490 e. The molecule has 1 aliphatic heterocycles. The monoisotopic (exact) mass is 451 g/mol. The van der Waals surface area contributed by atoms with Crippen molar-refractivity contribution >= 4 is 39.0 Å². The normalized spacial score (nSPS) is 19.1. The van der Waals surface area contributed by atoms with E-state index in [-0.39, 0.29) is 11.9 Å². The van der Waals surface area contributed by atoms with Crippen molar-refractivity contribution in [2.24, 2.45) is 7.05 Å². The number of ether oxygens (including phenoxy) is 1. The van der Waals surface area contributed by atoms with Gasteiger partial charge in [-0.2, -0.15) is 10.2 Å². The Balaban J connectivity index is 1.55. The number of benzene rings is 2. The fraction of sp³-hybridized carbons (Fsp3) is 0.417. The third-order valence-corrected chi connectivity index (χ3v) is 5.84. The molecule has 3 N–H and O–H groups in total. The summed E-state index contributed by atoms with van der Waals surface area (Å²) in [6.07, 6.45) is 1.79. The number of aryl methyl sites for hydroxylation is 1. The molecule has 2 atom stereocenters. The number of hydrogen-bond donors (Lipinski definition) is 3. The molecule has 0 amide bonds. The minimum atomic E-state index is -0.377. The van der Waals surface area contributed by atoms with Crippen molar-refractivity contribution in [3.8, 4) is 5.75 Å². The zero-order valence-corrected chi connectivity index (χ0v) is 19.6. The van der Waals surface area contributed by atoms with Crippen LogP contribution in [0, 0.1) is 5.82 Å². The van der Waals surface area contributed by atoms with Crippen molar-refractivity contribution in [1.29, 1.82) is 0 Å².